The monoisotopic (exact) mass is 222 g/mol. The van der Waals surface area contributed by atoms with Crippen LogP contribution in [0.1, 0.15) is 11.7 Å². The van der Waals surface area contributed by atoms with Crippen LogP contribution in [0.2, 0.25) is 0 Å². The Morgan fingerprint density at radius 2 is 2.25 bits per heavy atom. The average Bonchev–Trinajstić information content (AvgIpc) is 2.80. The first-order valence-electron chi connectivity index (χ1n) is 5.97. The first kappa shape index (κ1) is 10.3. The van der Waals surface area contributed by atoms with Crippen molar-refractivity contribution < 1.29 is 4.74 Å². The van der Waals surface area contributed by atoms with Crippen LogP contribution in [-0.4, -0.2) is 53.8 Å². The molecular weight excluding hydrogens is 204 g/mol. The molecule has 1 saturated heterocycles. The molecule has 1 N–H and O–H groups in total. The van der Waals surface area contributed by atoms with Crippen LogP contribution >= 0.6 is 0 Å². The van der Waals surface area contributed by atoms with E-state index in [-0.39, 0.29) is 0 Å². The minimum atomic E-state index is 0.425. The van der Waals surface area contributed by atoms with Crippen LogP contribution in [0.5, 0.6) is 0 Å². The fraction of sp³-hybridized carbons (Fsp3) is 0.727. The Labute approximate surface area is 95.4 Å². The lowest BCUT2D eigenvalue weighted by Crippen LogP contribution is -2.44. The zero-order valence-corrected chi connectivity index (χ0v) is 9.43. The number of nitrogens with one attached hydrogen (secondary N) is 1. The minimum absolute atomic E-state index is 0.425. The summed E-state index contributed by atoms with van der Waals surface area (Å²) in [5.74, 6) is 0. The summed E-state index contributed by atoms with van der Waals surface area (Å²) in [5, 5.41) is 3.57. The van der Waals surface area contributed by atoms with Gasteiger partial charge in [0.1, 0.15) is 0 Å². The number of fused-ring (bicyclic) bond motifs is 1. The van der Waals surface area contributed by atoms with Crippen molar-refractivity contribution in [1.82, 2.24) is 19.8 Å². The second kappa shape index (κ2) is 4.53. The van der Waals surface area contributed by atoms with Crippen molar-refractivity contribution in [2.75, 3.05) is 39.4 Å². The van der Waals surface area contributed by atoms with E-state index in [2.05, 4.69) is 19.8 Å². The van der Waals surface area contributed by atoms with Crippen molar-refractivity contribution in [2.45, 2.75) is 12.6 Å². The predicted molar refractivity (Wildman–Crippen MR) is 60.2 cm³/mol. The molecule has 0 aliphatic carbocycles. The van der Waals surface area contributed by atoms with Gasteiger partial charge in [-0.3, -0.25) is 4.90 Å². The van der Waals surface area contributed by atoms with E-state index < -0.39 is 0 Å². The summed E-state index contributed by atoms with van der Waals surface area (Å²) in [7, 11) is 0. The van der Waals surface area contributed by atoms with Crippen molar-refractivity contribution >= 4 is 0 Å². The summed E-state index contributed by atoms with van der Waals surface area (Å²) in [6.45, 7) is 6.97. The molecule has 5 nitrogen and oxygen atoms in total. The predicted octanol–water partition coefficient (Wildman–Crippen LogP) is -0.140. The van der Waals surface area contributed by atoms with E-state index in [0.717, 1.165) is 45.9 Å². The van der Waals surface area contributed by atoms with Gasteiger partial charge >= 0.3 is 0 Å². The molecule has 16 heavy (non-hydrogen) atoms. The molecule has 0 spiro atoms. The number of imidazole rings is 1. The van der Waals surface area contributed by atoms with Crippen LogP contribution < -0.4 is 5.32 Å². The highest BCUT2D eigenvalue weighted by Crippen LogP contribution is 2.17. The van der Waals surface area contributed by atoms with E-state index in [9.17, 15) is 0 Å². The van der Waals surface area contributed by atoms with Crippen LogP contribution in [0.4, 0.5) is 0 Å². The van der Waals surface area contributed by atoms with E-state index in [4.69, 9.17) is 4.74 Å². The van der Waals surface area contributed by atoms with Crippen LogP contribution in [0, 0.1) is 0 Å². The van der Waals surface area contributed by atoms with Crippen molar-refractivity contribution in [3.05, 3.63) is 18.2 Å². The quantitative estimate of drug-likeness (QED) is 0.756. The number of hydrogen-bond donors (Lipinski definition) is 1. The van der Waals surface area contributed by atoms with Gasteiger partial charge < -0.3 is 14.6 Å². The fourth-order valence-electron chi connectivity index (χ4n) is 2.47. The summed E-state index contributed by atoms with van der Waals surface area (Å²) in [6, 6.07) is 0.425. The van der Waals surface area contributed by atoms with E-state index in [0.29, 0.717) is 6.04 Å². The van der Waals surface area contributed by atoms with Crippen LogP contribution in [0.15, 0.2) is 12.5 Å². The molecular formula is C11H18N4O. The van der Waals surface area contributed by atoms with Gasteiger partial charge in [0.25, 0.3) is 0 Å². The normalized spacial score (nSPS) is 26.6. The highest BCUT2D eigenvalue weighted by molar-refractivity contribution is 5.08. The molecule has 2 aliphatic heterocycles. The highest BCUT2D eigenvalue weighted by Gasteiger charge is 2.23. The summed E-state index contributed by atoms with van der Waals surface area (Å²) in [4.78, 5) is 6.69. The Morgan fingerprint density at radius 3 is 3.12 bits per heavy atom. The Bertz CT molecular complexity index is 346. The molecule has 2 aliphatic rings. The maximum Gasteiger partial charge on any atom is 0.0949 e. The van der Waals surface area contributed by atoms with Crippen LogP contribution in [0.3, 0.4) is 0 Å². The Kier molecular flexibility index (Phi) is 2.90. The van der Waals surface area contributed by atoms with E-state index in [1.54, 1.807) is 0 Å². The third-order valence-electron chi connectivity index (χ3n) is 3.39. The number of aromatic nitrogens is 2. The number of ether oxygens (including phenoxy) is 1. The van der Waals surface area contributed by atoms with E-state index >= 15 is 0 Å². The van der Waals surface area contributed by atoms with Gasteiger partial charge in [-0.1, -0.05) is 0 Å². The molecule has 1 aromatic rings. The Morgan fingerprint density at radius 1 is 1.38 bits per heavy atom. The second-order valence-corrected chi connectivity index (χ2v) is 4.43. The van der Waals surface area contributed by atoms with Gasteiger partial charge in [0.2, 0.25) is 0 Å². The molecule has 0 saturated carbocycles. The molecule has 1 aromatic heterocycles. The second-order valence-electron chi connectivity index (χ2n) is 4.43. The lowest BCUT2D eigenvalue weighted by atomic mass is 10.1. The van der Waals surface area contributed by atoms with Crippen molar-refractivity contribution in [2.24, 2.45) is 0 Å². The molecule has 3 heterocycles. The number of hydrogen-bond acceptors (Lipinski definition) is 4. The molecule has 0 aromatic carbocycles. The fourth-order valence-corrected chi connectivity index (χ4v) is 2.47. The first-order chi connectivity index (χ1) is 7.93. The largest absolute Gasteiger partial charge is 0.379 e. The molecule has 88 valence electrons. The SMILES string of the molecule is c1ncn2c1C(CN1CCOCC1)NCC2. The maximum atomic E-state index is 5.36. The molecule has 5 heteroatoms. The number of rotatable bonds is 2. The minimum Gasteiger partial charge on any atom is -0.379 e. The third kappa shape index (κ3) is 1.98. The summed E-state index contributed by atoms with van der Waals surface area (Å²) in [6.07, 6.45) is 3.92. The van der Waals surface area contributed by atoms with Gasteiger partial charge in [-0.15, -0.1) is 0 Å². The van der Waals surface area contributed by atoms with Gasteiger partial charge in [0.15, 0.2) is 0 Å². The number of nitrogens with zero attached hydrogens (tertiary/aromatic N) is 3. The molecule has 0 bridgehead atoms. The van der Waals surface area contributed by atoms with Crippen LogP contribution in [0.25, 0.3) is 0 Å². The zero-order chi connectivity index (χ0) is 10.8. The smallest absolute Gasteiger partial charge is 0.0949 e. The average molecular weight is 222 g/mol. The first-order valence-corrected chi connectivity index (χ1v) is 5.97. The van der Waals surface area contributed by atoms with Crippen molar-refractivity contribution in [1.29, 1.82) is 0 Å². The summed E-state index contributed by atoms with van der Waals surface area (Å²) in [5.41, 5.74) is 1.32. The zero-order valence-electron chi connectivity index (χ0n) is 9.43. The Balaban J connectivity index is 1.67. The third-order valence-corrected chi connectivity index (χ3v) is 3.39. The standard InChI is InChI=1S/C11H18N4O/c1-2-15-9-12-7-11(15)10(13-1)8-14-3-5-16-6-4-14/h7,9-10,13H,1-6,8H2. The highest BCUT2D eigenvalue weighted by atomic mass is 16.5. The summed E-state index contributed by atoms with van der Waals surface area (Å²) >= 11 is 0. The van der Waals surface area contributed by atoms with Crippen LogP contribution in [-0.2, 0) is 11.3 Å². The lowest BCUT2D eigenvalue weighted by Gasteiger charge is -2.33. The van der Waals surface area contributed by atoms with E-state index in [1.807, 2.05) is 12.5 Å². The van der Waals surface area contributed by atoms with Gasteiger partial charge in [0, 0.05) is 38.9 Å². The van der Waals surface area contributed by atoms with Gasteiger partial charge in [-0.05, 0) is 0 Å². The van der Waals surface area contributed by atoms with Gasteiger partial charge in [0.05, 0.1) is 31.3 Å². The molecule has 1 atom stereocenters. The topological polar surface area (TPSA) is 42.3 Å². The number of morpholine rings is 1. The Hall–Kier alpha value is -0.910. The van der Waals surface area contributed by atoms with Gasteiger partial charge in [-0.2, -0.15) is 0 Å². The molecule has 0 amide bonds. The molecule has 3 rings (SSSR count). The van der Waals surface area contributed by atoms with Crippen molar-refractivity contribution in [3.8, 4) is 0 Å². The molecule has 1 unspecified atom stereocenters. The maximum absolute atomic E-state index is 5.36. The van der Waals surface area contributed by atoms with Gasteiger partial charge in [-0.25, -0.2) is 4.98 Å². The van der Waals surface area contributed by atoms with E-state index in [1.165, 1.54) is 5.69 Å². The molecule has 0 radical (unpaired) electrons. The lowest BCUT2D eigenvalue weighted by molar-refractivity contribution is 0.0324. The molecule has 1 fully saturated rings. The summed E-state index contributed by atoms with van der Waals surface area (Å²) < 4.78 is 7.62. The van der Waals surface area contributed by atoms with Crippen molar-refractivity contribution in [3.63, 3.8) is 0 Å².